The van der Waals surface area contributed by atoms with Gasteiger partial charge in [0.05, 0.1) is 6.61 Å². The summed E-state index contributed by atoms with van der Waals surface area (Å²) in [6.07, 6.45) is 1.75. The number of hydrogen-bond donors (Lipinski definition) is 2. The number of aromatic nitrogens is 1. The fraction of sp³-hybridized carbons (Fsp3) is 0.636. The molecule has 0 aromatic carbocycles. The fourth-order valence-electron chi connectivity index (χ4n) is 1.90. The van der Waals surface area contributed by atoms with Gasteiger partial charge in [0, 0.05) is 43.8 Å². The maximum atomic E-state index is 12.0. The zero-order valence-corrected chi connectivity index (χ0v) is 11.2. The minimum Gasteiger partial charge on any atom is -0.395 e. The molecule has 1 aliphatic rings. The first-order valence-corrected chi connectivity index (χ1v) is 6.82. The zero-order valence-electron chi connectivity index (χ0n) is 10.4. The van der Waals surface area contributed by atoms with Crippen molar-refractivity contribution in [2.75, 3.05) is 44.6 Å². The molecule has 2 N–H and O–H groups in total. The van der Waals surface area contributed by atoms with E-state index in [1.807, 2.05) is 6.92 Å². The van der Waals surface area contributed by atoms with Crippen molar-refractivity contribution in [1.29, 1.82) is 0 Å². The highest BCUT2D eigenvalue weighted by Gasteiger charge is 2.21. The van der Waals surface area contributed by atoms with E-state index in [0.717, 1.165) is 18.0 Å². The molecule has 1 fully saturated rings. The van der Waals surface area contributed by atoms with Crippen LogP contribution in [0.5, 0.6) is 0 Å². The van der Waals surface area contributed by atoms with Crippen LogP contribution in [0.25, 0.3) is 0 Å². The number of nitrogens with zero attached hydrogens (tertiary/aromatic N) is 3. The lowest BCUT2D eigenvalue weighted by Gasteiger charge is -2.34. The minimum atomic E-state index is -0.0898. The number of urea groups is 1. The van der Waals surface area contributed by atoms with E-state index in [1.54, 1.807) is 11.1 Å². The molecule has 100 valence electrons. The summed E-state index contributed by atoms with van der Waals surface area (Å²) in [5.74, 6) is 0. The van der Waals surface area contributed by atoms with Gasteiger partial charge in [-0.1, -0.05) is 0 Å². The lowest BCUT2D eigenvalue weighted by Crippen LogP contribution is -2.50. The Morgan fingerprint density at radius 3 is 2.78 bits per heavy atom. The Balaban J connectivity index is 1.80. The Labute approximate surface area is 110 Å². The molecule has 0 bridgehead atoms. The number of β-amino-alcohol motifs (C(OH)–C–C–N with tert-alkyl or cyclic N) is 1. The Morgan fingerprint density at radius 2 is 2.22 bits per heavy atom. The predicted octanol–water partition coefficient (Wildman–Crippen LogP) is 0.593. The number of nitrogens with one attached hydrogen (secondary N) is 1. The van der Waals surface area contributed by atoms with Crippen LogP contribution in [0.1, 0.15) is 4.88 Å². The molecule has 1 aromatic rings. The molecule has 6 nitrogen and oxygen atoms in total. The summed E-state index contributed by atoms with van der Waals surface area (Å²) < 4.78 is 0. The quantitative estimate of drug-likeness (QED) is 0.843. The first-order chi connectivity index (χ1) is 8.69. The van der Waals surface area contributed by atoms with E-state index in [1.165, 1.54) is 11.3 Å². The fourth-order valence-corrected chi connectivity index (χ4v) is 2.55. The van der Waals surface area contributed by atoms with Gasteiger partial charge < -0.3 is 10.0 Å². The highest BCUT2D eigenvalue weighted by Crippen LogP contribution is 2.17. The topological polar surface area (TPSA) is 68.7 Å². The van der Waals surface area contributed by atoms with Crippen molar-refractivity contribution in [1.82, 2.24) is 14.8 Å². The lowest BCUT2D eigenvalue weighted by molar-refractivity contribution is 0.127. The molecule has 2 heterocycles. The van der Waals surface area contributed by atoms with Crippen molar-refractivity contribution in [2.45, 2.75) is 6.92 Å². The molecule has 7 heteroatoms. The zero-order chi connectivity index (χ0) is 13.0. The summed E-state index contributed by atoms with van der Waals surface area (Å²) in [6, 6.07) is -0.0898. The Morgan fingerprint density at radius 1 is 1.50 bits per heavy atom. The van der Waals surface area contributed by atoms with E-state index in [9.17, 15) is 4.79 Å². The standard InChI is InChI=1S/C11H18N4O2S/c1-9-8-12-10(18-9)13-11(17)15-4-2-14(3-5-15)6-7-16/h8,16H,2-7H2,1H3,(H,12,13,17). The lowest BCUT2D eigenvalue weighted by atomic mass is 10.3. The van der Waals surface area contributed by atoms with E-state index < -0.39 is 0 Å². The monoisotopic (exact) mass is 270 g/mol. The molecule has 1 saturated heterocycles. The van der Waals surface area contributed by atoms with E-state index in [0.29, 0.717) is 24.8 Å². The van der Waals surface area contributed by atoms with Gasteiger partial charge in [0.15, 0.2) is 5.13 Å². The number of aryl methyl sites for hydroxylation is 1. The van der Waals surface area contributed by atoms with Gasteiger partial charge in [-0.15, -0.1) is 11.3 Å². The second kappa shape index (κ2) is 6.12. The van der Waals surface area contributed by atoms with Gasteiger partial charge in [-0.05, 0) is 6.92 Å². The summed E-state index contributed by atoms with van der Waals surface area (Å²) in [5.41, 5.74) is 0. The highest BCUT2D eigenvalue weighted by molar-refractivity contribution is 7.15. The number of carbonyl (C=O) groups is 1. The SMILES string of the molecule is Cc1cnc(NC(=O)N2CCN(CCO)CC2)s1. The molecule has 0 atom stereocenters. The molecule has 2 rings (SSSR count). The van der Waals surface area contributed by atoms with E-state index in [4.69, 9.17) is 5.11 Å². The van der Waals surface area contributed by atoms with Crippen LogP contribution >= 0.6 is 11.3 Å². The number of piperazine rings is 1. The largest absolute Gasteiger partial charge is 0.395 e. The molecule has 0 aliphatic carbocycles. The van der Waals surface area contributed by atoms with Crippen molar-refractivity contribution in [2.24, 2.45) is 0 Å². The van der Waals surface area contributed by atoms with Crippen molar-refractivity contribution in [3.05, 3.63) is 11.1 Å². The van der Waals surface area contributed by atoms with Crippen LogP contribution < -0.4 is 5.32 Å². The van der Waals surface area contributed by atoms with Crippen LogP contribution in [-0.2, 0) is 0 Å². The summed E-state index contributed by atoms with van der Waals surface area (Å²) in [5, 5.41) is 12.3. The molecule has 0 spiro atoms. The number of aliphatic hydroxyl groups excluding tert-OH is 1. The van der Waals surface area contributed by atoms with Crippen LogP contribution in [-0.4, -0.2) is 65.3 Å². The van der Waals surface area contributed by atoms with Crippen molar-refractivity contribution in [3.8, 4) is 0 Å². The molecular weight excluding hydrogens is 252 g/mol. The number of hydrogen-bond acceptors (Lipinski definition) is 5. The van der Waals surface area contributed by atoms with Crippen LogP contribution in [0.2, 0.25) is 0 Å². The van der Waals surface area contributed by atoms with Crippen LogP contribution in [0, 0.1) is 6.92 Å². The number of thiazole rings is 1. The molecule has 0 radical (unpaired) electrons. The van der Waals surface area contributed by atoms with Gasteiger partial charge in [0.2, 0.25) is 0 Å². The van der Waals surface area contributed by atoms with E-state index in [-0.39, 0.29) is 12.6 Å². The molecule has 0 unspecified atom stereocenters. The summed E-state index contributed by atoms with van der Waals surface area (Å²) in [6.45, 7) is 5.81. The van der Waals surface area contributed by atoms with Crippen LogP contribution in [0.15, 0.2) is 6.20 Å². The third kappa shape index (κ3) is 3.41. The third-order valence-corrected chi connectivity index (χ3v) is 3.74. The maximum absolute atomic E-state index is 12.0. The van der Waals surface area contributed by atoms with E-state index in [2.05, 4.69) is 15.2 Å². The Kier molecular flexibility index (Phi) is 4.51. The third-order valence-electron chi connectivity index (χ3n) is 2.91. The van der Waals surface area contributed by atoms with Gasteiger partial charge in [-0.2, -0.15) is 0 Å². The second-order valence-corrected chi connectivity index (χ2v) is 5.49. The number of carbonyl (C=O) groups excluding carboxylic acids is 1. The molecule has 2 amide bonds. The van der Waals surface area contributed by atoms with Crippen LogP contribution in [0.3, 0.4) is 0 Å². The molecule has 0 saturated carbocycles. The van der Waals surface area contributed by atoms with Crippen molar-refractivity contribution < 1.29 is 9.90 Å². The first-order valence-electron chi connectivity index (χ1n) is 6.00. The number of anilines is 1. The molecule has 1 aliphatic heterocycles. The highest BCUT2D eigenvalue weighted by atomic mass is 32.1. The minimum absolute atomic E-state index is 0.0898. The van der Waals surface area contributed by atoms with Gasteiger partial charge in [-0.3, -0.25) is 10.2 Å². The number of rotatable bonds is 3. The molecule has 1 aromatic heterocycles. The van der Waals surface area contributed by atoms with E-state index >= 15 is 0 Å². The van der Waals surface area contributed by atoms with Crippen molar-refractivity contribution in [3.63, 3.8) is 0 Å². The first kappa shape index (κ1) is 13.3. The average molecular weight is 270 g/mol. The van der Waals surface area contributed by atoms with Gasteiger partial charge in [-0.25, -0.2) is 9.78 Å². The Bertz CT molecular complexity index is 402. The van der Waals surface area contributed by atoms with Gasteiger partial charge in [0.25, 0.3) is 0 Å². The number of aliphatic hydroxyl groups is 1. The Hall–Kier alpha value is -1.18. The maximum Gasteiger partial charge on any atom is 0.323 e. The number of amides is 2. The second-order valence-electron chi connectivity index (χ2n) is 4.26. The molecular formula is C11H18N4O2S. The summed E-state index contributed by atoms with van der Waals surface area (Å²) >= 11 is 1.48. The average Bonchev–Trinajstić information content (AvgIpc) is 2.76. The van der Waals surface area contributed by atoms with Gasteiger partial charge >= 0.3 is 6.03 Å². The summed E-state index contributed by atoms with van der Waals surface area (Å²) in [4.78, 5) is 21.1. The normalized spacial score (nSPS) is 16.9. The van der Waals surface area contributed by atoms with Crippen molar-refractivity contribution >= 4 is 22.5 Å². The van der Waals surface area contributed by atoms with Gasteiger partial charge in [0.1, 0.15) is 0 Å². The summed E-state index contributed by atoms with van der Waals surface area (Å²) in [7, 11) is 0. The smallest absolute Gasteiger partial charge is 0.323 e. The van der Waals surface area contributed by atoms with Crippen LogP contribution in [0.4, 0.5) is 9.93 Å². The molecule has 18 heavy (non-hydrogen) atoms. The predicted molar refractivity (Wildman–Crippen MR) is 71.0 cm³/mol.